The lowest BCUT2D eigenvalue weighted by atomic mass is 9.89. The number of Topliss-reactive ketones (excluding diaryl/α,β-unsaturated/α-hetero) is 1. The number of anilines is 2. The Kier molecular flexibility index (Phi) is 9.52. The van der Waals surface area contributed by atoms with E-state index in [0.717, 1.165) is 31.9 Å². The first-order valence-corrected chi connectivity index (χ1v) is 13.2. The van der Waals surface area contributed by atoms with Gasteiger partial charge in [0.1, 0.15) is 11.6 Å². The minimum atomic E-state index is -0.610. The molecule has 0 atom stereocenters. The van der Waals surface area contributed by atoms with Crippen LogP contribution in [0.1, 0.15) is 62.7 Å². The quantitative estimate of drug-likeness (QED) is 0.190. The molecule has 0 spiro atoms. The van der Waals surface area contributed by atoms with Gasteiger partial charge in [-0.1, -0.05) is 20.8 Å². The minimum Gasteiger partial charge on any atom is -0.387 e. The van der Waals surface area contributed by atoms with E-state index in [1.165, 1.54) is 11.2 Å². The number of aryl methyl sites for hydroxylation is 1. The number of nitrogens with two attached hydrogens (primary N) is 2. The number of hydrogen-bond acceptors (Lipinski definition) is 9. The number of hydrogen-bond donors (Lipinski definition) is 3. The van der Waals surface area contributed by atoms with Crippen LogP contribution in [-0.2, 0) is 4.79 Å². The molecule has 0 radical (unpaired) electrons. The molecule has 210 valence electrons. The Hall–Kier alpha value is -3.70. The number of nitrogens with one attached hydrogen (secondary N) is 1. The number of aromatic nitrogens is 2. The Balaban J connectivity index is 1.69. The monoisotopic (exact) mass is 535 g/mol. The van der Waals surface area contributed by atoms with E-state index in [-0.39, 0.29) is 35.9 Å². The van der Waals surface area contributed by atoms with Crippen LogP contribution in [0, 0.1) is 17.7 Å². The molecule has 39 heavy (non-hydrogen) atoms. The fourth-order valence-corrected chi connectivity index (χ4v) is 4.20. The number of ketones is 1. The number of amides is 1. The van der Waals surface area contributed by atoms with Crippen LogP contribution in [0.5, 0.6) is 0 Å². The average Bonchev–Trinajstić information content (AvgIpc) is 2.88. The Morgan fingerprint density at radius 1 is 1.10 bits per heavy atom. The van der Waals surface area contributed by atoms with Gasteiger partial charge in [-0.15, -0.1) is 0 Å². The van der Waals surface area contributed by atoms with Gasteiger partial charge in [0.15, 0.2) is 0 Å². The molecule has 0 unspecified atom stereocenters. The SMILES string of the molecule is Cc1ncc(C(=O)N=C(N)CC(=O)C(C)(C)C)cc1N(N)CC(=N)c1cncc(N2CCN(C(C)C)CC2)c1. The summed E-state index contributed by atoms with van der Waals surface area (Å²) in [5.74, 6) is 5.57. The van der Waals surface area contributed by atoms with E-state index in [9.17, 15) is 9.59 Å². The zero-order chi connectivity index (χ0) is 28.9. The molecule has 11 nitrogen and oxygen atoms in total. The van der Waals surface area contributed by atoms with Gasteiger partial charge in [0.05, 0.1) is 47.5 Å². The third kappa shape index (κ3) is 7.90. The molecule has 3 rings (SSSR count). The first-order valence-electron chi connectivity index (χ1n) is 13.2. The maximum atomic E-state index is 12.7. The van der Waals surface area contributed by atoms with Crippen molar-refractivity contribution in [1.82, 2.24) is 14.9 Å². The number of aliphatic imine (C=N–C) groups is 1. The number of rotatable bonds is 9. The summed E-state index contributed by atoms with van der Waals surface area (Å²) >= 11 is 0. The standard InChI is InChI=1S/C28H41N9O2/c1-18(2)35-7-9-36(10-8-35)22-11-20(14-32-16-22)23(29)17-37(31)24-12-21(15-33-19(24)3)27(39)34-26(30)13-25(38)28(4,5)6/h11-12,14-16,18,29H,7-10,13,17,31H2,1-6H3,(H2,30,34,39). The molecule has 0 aromatic carbocycles. The van der Waals surface area contributed by atoms with Gasteiger partial charge in [0, 0.05) is 55.6 Å². The number of nitrogens with zero attached hydrogens (tertiary/aromatic N) is 6. The van der Waals surface area contributed by atoms with Gasteiger partial charge in [-0.2, -0.15) is 4.99 Å². The van der Waals surface area contributed by atoms with Gasteiger partial charge in [-0.25, -0.2) is 5.84 Å². The predicted octanol–water partition coefficient (Wildman–Crippen LogP) is 2.57. The highest BCUT2D eigenvalue weighted by Crippen LogP contribution is 2.21. The molecule has 2 aromatic rings. The van der Waals surface area contributed by atoms with Crippen molar-refractivity contribution in [3.8, 4) is 0 Å². The van der Waals surface area contributed by atoms with Crippen LogP contribution in [0.15, 0.2) is 35.7 Å². The van der Waals surface area contributed by atoms with Crippen molar-refractivity contribution in [2.45, 2.75) is 54.0 Å². The number of pyridine rings is 2. The Bertz CT molecular complexity index is 1240. The molecule has 5 N–H and O–H groups in total. The van der Waals surface area contributed by atoms with Crippen LogP contribution >= 0.6 is 0 Å². The maximum Gasteiger partial charge on any atom is 0.280 e. The van der Waals surface area contributed by atoms with Crippen molar-refractivity contribution < 1.29 is 9.59 Å². The molecule has 0 bridgehead atoms. The molecule has 1 fully saturated rings. The molecule has 2 aromatic heterocycles. The van der Waals surface area contributed by atoms with E-state index < -0.39 is 11.3 Å². The highest BCUT2D eigenvalue weighted by Gasteiger charge is 2.23. The smallest absolute Gasteiger partial charge is 0.280 e. The number of carbonyl (C=O) groups is 2. The normalized spacial score (nSPS) is 15.0. The summed E-state index contributed by atoms with van der Waals surface area (Å²) in [6, 6.07) is 4.06. The number of carbonyl (C=O) groups excluding carboxylic acids is 2. The molecule has 1 aliphatic rings. The molecule has 1 saturated heterocycles. The summed E-state index contributed by atoms with van der Waals surface area (Å²) in [6.45, 7) is 15.4. The molecule has 0 saturated carbocycles. The summed E-state index contributed by atoms with van der Waals surface area (Å²) in [5.41, 5.74) is 8.49. The van der Waals surface area contributed by atoms with Gasteiger partial charge in [0.2, 0.25) is 0 Å². The first-order chi connectivity index (χ1) is 18.3. The molecule has 3 heterocycles. The Labute approximate surface area is 230 Å². The van der Waals surface area contributed by atoms with E-state index in [2.05, 4.69) is 38.6 Å². The van der Waals surface area contributed by atoms with E-state index >= 15 is 0 Å². The van der Waals surface area contributed by atoms with Crippen LogP contribution in [-0.4, -0.2) is 76.9 Å². The summed E-state index contributed by atoms with van der Waals surface area (Å²) < 4.78 is 0. The third-order valence-electron chi connectivity index (χ3n) is 6.85. The van der Waals surface area contributed by atoms with Crippen molar-refractivity contribution in [2.75, 3.05) is 42.6 Å². The summed E-state index contributed by atoms with van der Waals surface area (Å²) in [7, 11) is 0. The predicted molar refractivity (Wildman–Crippen MR) is 156 cm³/mol. The van der Waals surface area contributed by atoms with Crippen LogP contribution in [0.25, 0.3) is 0 Å². The Morgan fingerprint density at radius 3 is 2.38 bits per heavy atom. The molecule has 11 heteroatoms. The molecule has 1 aliphatic heterocycles. The van der Waals surface area contributed by atoms with E-state index in [1.807, 2.05) is 12.3 Å². The lowest BCUT2D eigenvalue weighted by molar-refractivity contribution is -0.125. The van der Waals surface area contributed by atoms with Crippen LogP contribution in [0.3, 0.4) is 0 Å². The van der Waals surface area contributed by atoms with Crippen molar-refractivity contribution in [2.24, 2.45) is 22.0 Å². The Morgan fingerprint density at radius 2 is 1.77 bits per heavy atom. The minimum absolute atomic E-state index is 0.0496. The highest BCUT2D eigenvalue weighted by atomic mass is 16.1. The second-order valence-electron chi connectivity index (χ2n) is 11.2. The topological polar surface area (TPSA) is 158 Å². The van der Waals surface area contributed by atoms with Crippen LogP contribution in [0.2, 0.25) is 0 Å². The van der Waals surface area contributed by atoms with Crippen molar-refractivity contribution in [3.05, 3.63) is 47.5 Å². The second-order valence-corrected chi connectivity index (χ2v) is 11.2. The van der Waals surface area contributed by atoms with E-state index in [4.69, 9.17) is 17.0 Å². The molecular formula is C28H41N9O2. The molecule has 1 amide bonds. The van der Waals surface area contributed by atoms with Gasteiger partial charge in [-0.05, 0) is 32.9 Å². The largest absolute Gasteiger partial charge is 0.387 e. The lowest BCUT2D eigenvalue weighted by Gasteiger charge is -2.38. The van der Waals surface area contributed by atoms with Crippen LogP contribution < -0.4 is 21.5 Å². The first kappa shape index (κ1) is 29.9. The fraction of sp³-hybridized carbons (Fsp3) is 0.500. The van der Waals surface area contributed by atoms with Crippen molar-refractivity contribution in [1.29, 1.82) is 5.41 Å². The number of amidine groups is 1. The number of piperazine rings is 1. The number of hydrazine groups is 1. The molecule has 0 aliphatic carbocycles. The highest BCUT2D eigenvalue weighted by molar-refractivity contribution is 6.09. The summed E-state index contributed by atoms with van der Waals surface area (Å²) in [4.78, 5) is 42.2. The second kappa shape index (κ2) is 12.4. The van der Waals surface area contributed by atoms with Gasteiger partial charge >= 0.3 is 0 Å². The summed E-state index contributed by atoms with van der Waals surface area (Å²) in [5, 5.41) is 10.1. The van der Waals surface area contributed by atoms with E-state index in [0.29, 0.717) is 23.0 Å². The zero-order valence-corrected chi connectivity index (χ0v) is 23.9. The van der Waals surface area contributed by atoms with E-state index in [1.54, 1.807) is 40.0 Å². The third-order valence-corrected chi connectivity index (χ3v) is 6.85. The van der Waals surface area contributed by atoms with Gasteiger partial charge < -0.3 is 21.1 Å². The van der Waals surface area contributed by atoms with Gasteiger partial charge in [0.25, 0.3) is 5.91 Å². The zero-order valence-electron chi connectivity index (χ0n) is 23.9. The van der Waals surface area contributed by atoms with Crippen LogP contribution in [0.4, 0.5) is 11.4 Å². The van der Waals surface area contributed by atoms with Crippen molar-refractivity contribution in [3.63, 3.8) is 0 Å². The average molecular weight is 536 g/mol. The fourth-order valence-electron chi connectivity index (χ4n) is 4.20. The maximum absolute atomic E-state index is 12.7. The molecular weight excluding hydrogens is 494 g/mol. The lowest BCUT2D eigenvalue weighted by Crippen LogP contribution is -2.49. The van der Waals surface area contributed by atoms with Gasteiger partial charge in [-0.3, -0.25) is 24.5 Å². The van der Waals surface area contributed by atoms with Crippen molar-refractivity contribution >= 4 is 34.6 Å². The summed E-state index contributed by atoms with van der Waals surface area (Å²) in [6.07, 6.45) is 4.77.